The quantitative estimate of drug-likeness (QED) is 0.654. The number of fused-ring (bicyclic) bond motifs is 1. The molecule has 7 heteroatoms. The number of amides is 1. The molecule has 1 aliphatic rings. The van der Waals surface area contributed by atoms with Crippen molar-refractivity contribution < 1.29 is 19.4 Å². The van der Waals surface area contributed by atoms with Crippen molar-refractivity contribution in [3.63, 3.8) is 0 Å². The Balaban J connectivity index is 1.58. The van der Waals surface area contributed by atoms with Crippen molar-refractivity contribution in [3.05, 3.63) is 75.9 Å². The van der Waals surface area contributed by atoms with Crippen molar-refractivity contribution in [3.8, 4) is 5.75 Å². The maximum Gasteiger partial charge on any atom is 0.339 e. The first kappa shape index (κ1) is 19.1. The van der Waals surface area contributed by atoms with Gasteiger partial charge in [-0.15, -0.1) is 11.3 Å². The minimum absolute atomic E-state index is 0.122. The Morgan fingerprint density at radius 3 is 2.69 bits per heavy atom. The Kier molecular flexibility index (Phi) is 5.31. The van der Waals surface area contributed by atoms with Crippen LogP contribution in [0.3, 0.4) is 0 Å². The number of carboxylic acids is 1. The molecule has 6 nitrogen and oxygen atoms in total. The molecule has 0 fully saturated rings. The molecule has 0 saturated heterocycles. The van der Waals surface area contributed by atoms with Gasteiger partial charge in [-0.05, 0) is 59.4 Å². The third kappa shape index (κ3) is 3.86. The fourth-order valence-electron chi connectivity index (χ4n) is 3.75. The smallest absolute Gasteiger partial charge is 0.339 e. The number of carbonyl (C=O) groups excluding carboxylic acids is 1. The van der Waals surface area contributed by atoms with E-state index in [0.29, 0.717) is 10.8 Å². The lowest BCUT2D eigenvalue weighted by Gasteiger charge is -2.24. The molecule has 0 bridgehead atoms. The number of aryl methyl sites for hydroxylation is 1. The number of carbonyl (C=O) groups is 2. The first-order valence-electron chi connectivity index (χ1n) is 9.29. The number of aromatic carboxylic acids is 1. The average Bonchev–Trinajstić information content (AvgIpc) is 3.17. The number of benzene rings is 1. The van der Waals surface area contributed by atoms with Crippen LogP contribution in [-0.4, -0.2) is 29.1 Å². The molecular formula is C22H20N2O4S. The number of nitrogens with zero attached hydrogens (tertiary/aromatic N) is 1. The van der Waals surface area contributed by atoms with Gasteiger partial charge in [-0.1, -0.05) is 24.3 Å². The summed E-state index contributed by atoms with van der Waals surface area (Å²) in [4.78, 5) is 28.6. The van der Waals surface area contributed by atoms with Gasteiger partial charge in [0.05, 0.1) is 18.9 Å². The summed E-state index contributed by atoms with van der Waals surface area (Å²) < 4.78 is 5.04. The van der Waals surface area contributed by atoms with Gasteiger partial charge >= 0.3 is 5.97 Å². The predicted molar refractivity (Wildman–Crippen MR) is 111 cm³/mol. The lowest BCUT2D eigenvalue weighted by molar-refractivity contribution is 0.0696. The molecule has 0 radical (unpaired) electrons. The van der Waals surface area contributed by atoms with E-state index >= 15 is 0 Å². The Morgan fingerprint density at radius 2 is 2.00 bits per heavy atom. The summed E-state index contributed by atoms with van der Waals surface area (Å²) in [6, 6.07) is 11.5. The maximum absolute atomic E-state index is 12.5. The van der Waals surface area contributed by atoms with Crippen molar-refractivity contribution in [1.29, 1.82) is 0 Å². The fraction of sp³-hybridized carbons (Fsp3) is 0.227. The van der Waals surface area contributed by atoms with Crippen LogP contribution in [0.4, 0.5) is 5.00 Å². The summed E-state index contributed by atoms with van der Waals surface area (Å²) in [6.07, 6.45) is 4.07. The van der Waals surface area contributed by atoms with E-state index in [-0.39, 0.29) is 17.2 Å². The minimum Gasteiger partial charge on any atom is -0.495 e. The molecular weight excluding hydrogens is 388 g/mol. The highest BCUT2D eigenvalue weighted by atomic mass is 32.1. The molecule has 3 aromatic rings. The number of ether oxygens (including phenoxy) is 1. The molecule has 1 amide bonds. The molecule has 2 heterocycles. The monoisotopic (exact) mass is 408 g/mol. The van der Waals surface area contributed by atoms with E-state index in [1.54, 1.807) is 12.1 Å². The van der Waals surface area contributed by atoms with Crippen LogP contribution in [0.2, 0.25) is 0 Å². The molecule has 1 aromatic carbocycles. The van der Waals surface area contributed by atoms with Gasteiger partial charge in [0.2, 0.25) is 0 Å². The van der Waals surface area contributed by atoms with E-state index in [4.69, 9.17) is 4.74 Å². The molecule has 0 saturated carbocycles. The minimum atomic E-state index is -1.03. The summed E-state index contributed by atoms with van der Waals surface area (Å²) in [5.74, 6) is -0.809. The van der Waals surface area contributed by atoms with Crippen LogP contribution in [-0.2, 0) is 12.8 Å². The van der Waals surface area contributed by atoms with Crippen LogP contribution < -0.4 is 10.1 Å². The summed E-state index contributed by atoms with van der Waals surface area (Å²) in [5, 5.41) is 14.8. The van der Waals surface area contributed by atoms with Crippen LogP contribution in [0, 0.1) is 0 Å². The molecule has 4 rings (SSSR count). The molecule has 1 unspecified atom stereocenters. The van der Waals surface area contributed by atoms with Gasteiger partial charge in [0, 0.05) is 0 Å². The van der Waals surface area contributed by atoms with Gasteiger partial charge in [-0.3, -0.25) is 4.79 Å². The second-order valence-electron chi connectivity index (χ2n) is 6.95. The second kappa shape index (κ2) is 8.05. The number of methoxy groups -OCH3 is 1. The lowest BCUT2D eigenvalue weighted by atomic mass is 9.80. The van der Waals surface area contributed by atoms with E-state index < -0.39 is 11.9 Å². The predicted octanol–water partition coefficient (Wildman–Crippen LogP) is 4.37. The Bertz CT molecular complexity index is 1060. The van der Waals surface area contributed by atoms with Gasteiger partial charge in [0.25, 0.3) is 5.91 Å². The Hall–Kier alpha value is -3.19. The molecule has 1 atom stereocenters. The molecule has 2 aromatic heterocycles. The molecule has 148 valence electrons. The maximum atomic E-state index is 12.5. The molecule has 29 heavy (non-hydrogen) atoms. The average molecular weight is 408 g/mol. The number of pyridine rings is 1. The zero-order valence-electron chi connectivity index (χ0n) is 15.8. The van der Waals surface area contributed by atoms with Gasteiger partial charge in [-0.25, -0.2) is 9.78 Å². The third-order valence-electron chi connectivity index (χ3n) is 5.25. The highest BCUT2D eigenvalue weighted by Crippen LogP contribution is 2.39. The Morgan fingerprint density at radius 1 is 1.21 bits per heavy atom. The van der Waals surface area contributed by atoms with E-state index in [2.05, 4.69) is 22.4 Å². The van der Waals surface area contributed by atoms with Gasteiger partial charge in [-0.2, -0.15) is 0 Å². The topological polar surface area (TPSA) is 88.5 Å². The van der Waals surface area contributed by atoms with Crippen molar-refractivity contribution in [2.75, 3.05) is 12.4 Å². The zero-order valence-corrected chi connectivity index (χ0v) is 16.7. The highest BCUT2D eigenvalue weighted by molar-refractivity contribution is 7.15. The van der Waals surface area contributed by atoms with Gasteiger partial charge < -0.3 is 15.2 Å². The number of hydrogen-bond donors (Lipinski definition) is 2. The number of carboxylic acid groups (broad SMARTS) is 1. The van der Waals surface area contributed by atoms with Crippen molar-refractivity contribution in [2.45, 2.75) is 25.2 Å². The third-order valence-corrected chi connectivity index (χ3v) is 6.17. The normalized spacial score (nSPS) is 15.4. The molecule has 1 aliphatic carbocycles. The van der Waals surface area contributed by atoms with Crippen LogP contribution in [0.1, 0.15) is 49.9 Å². The van der Waals surface area contributed by atoms with Crippen molar-refractivity contribution in [2.24, 2.45) is 0 Å². The summed E-state index contributed by atoms with van der Waals surface area (Å²) in [6.45, 7) is 0. The lowest BCUT2D eigenvalue weighted by Crippen LogP contribution is -2.17. The van der Waals surface area contributed by atoms with Gasteiger partial charge in [0.1, 0.15) is 16.4 Å². The molecule has 0 spiro atoms. The zero-order chi connectivity index (χ0) is 20.4. The number of anilines is 1. The van der Waals surface area contributed by atoms with E-state index in [0.717, 1.165) is 24.8 Å². The Labute approximate surface area is 172 Å². The first-order valence-corrected chi connectivity index (χ1v) is 10.2. The largest absolute Gasteiger partial charge is 0.495 e. The molecule has 2 N–H and O–H groups in total. The van der Waals surface area contributed by atoms with E-state index in [1.807, 2.05) is 17.5 Å². The van der Waals surface area contributed by atoms with Crippen LogP contribution >= 0.6 is 11.3 Å². The number of aromatic nitrogens is 1. The summed E-state index contributed by atoms with van der Waals surface area (Å²) in [5.41, 5.74) is 3.76. The number of thiophene rings is 1. The number of nitrogens with one attached hydrogen (secondary N) is 1. The van der Waals surface area contributed by atoms with Crippen LogP contribution in [0.5, 0.6) is 5.75 Å². The fourth-order valence-corrected chi connectivity index (χ4v) is 4.78. The van der Waals surface area contributed by atoms with Crippen molar-refractivity contribution >= 4 is 28.2 Å². The van der Waals surface area contributed by atoms with E-state index in [1.165, 1.54) is 35.8 Å². The van der Waals surface area contributed by atoms with Crippen molar-refractivity contribution in [1.82, 2.24) is 4.98 Å². The number of rotatable bonds is 5. The van der Waals surface area contributed by atoms with E-state index in [9.17, 15) is 14.7 Å². The van der Waals surface area contributed by atoms with Gasteiger partial charge in [0.15, 0.2) is 0 Å². The summed E-state index contributed by atoms with van der Waals surface area (Å²) >= 11 is 1.24. The standard InChI is InChI=1S/C22H20N2O4S/c1-28-16-8-9-18(23-11-16)20(25)24-21-19(22(26)27)17(12-29-21)15-7-6-13-4-2-3-5-14(13)10-15/h2-5,8-9,11-12,15H,6-7,10H2,1H3,(H,24,25)(H,26,27). The molecule has 0 aliphatic heterocycles. The summed E-state index contributed by atoms with van der Waals surface area (Å²) in [7, 11) is 1.52. The van der Waals surface area contributed by atoms with Crippen LogP contribution in [0.15, 0.2) is 48.0 Å². The first-order chi connectivity index (χ1) is 14.1. The SMILES string of the molecule is COc1ccc(C(=O)Nc2scc(C3CCc4ccccc4C3)c2C(=O)O)nc1. The number of hydrogen-bond acceptors (Lipinski definition) is 5. The van der Waals surface area contributed by atoms with Crippen LogP contribution in [0.25, 0.3) is 0 Å². The second-order valence-corrected chi connectivity index (χ2v) is 7.83. The highest BCUT2D eigenvalue weighted by Gasteiger charge is 2.28.